The minimum absolute atomic E-state index is 0.0120. The summed E-state index contributed by atoms with van der Waals surface area (Å²) < 4.78 is 5.38. The van der Waals surface area contributed by atoms with Crippen LogP contribution in [0, 0.1) is 11.3 Å². The maximum absolute atomic E-state index is 13.1. The molecule has 4 aliphatic heterocycles. The predicted octanol–water partition coefficient (Wildman–Crippen LogP) is 0.960. The summed E-state index contributed by atoms with van der Waals surface area (Å²) in [6.45, 7) is 7.75. The Balaban J connectivity index is 1.35. The van der Waals surface area contributed by atoms with Gasteiger partial charge in [-0.05, 0) is 51.6 Å². The van der Waals surface area contributed by atoms with Gasteiger partial charge in [-0.2, -0.15) is 0 Å². The molecule has 4 fully saturated rings. The van der Waals surface area contributed by atoms with Crippen LogP contribution < -0.4 is 0 Å². The smallest absolute Gasteiger partial charge is 0.230 e. The van der Waals surface area contributed by atoms with Crippen LogP contribution in [0.1, 0.15) is 38.5 Å². The third kappa shape index (κ3) is 3.43. The van der Waals surface area contributed by atoms with Crippen LogP contribution in [0.15, 0.2) is 0 Å². The van der Waals surface area contributed by atoms with Gasteiger partial charge in [0, 0.05) is 39.3 Å². The molecule has 140 valence electrons. The predicted molar refractivity (Wildman–Crippen MR) is 94.0 cm³/mol. The van der Waals surface area contributed by atoms with Gasteiger partial charge in [-0.25, -0.2) is 0 Å². The highest BCUT2D eigenvalue weighted by molar-refractivity contribution is 5.87. The molecule has 0 radical (unpaired) electrons. The molecule has 0 aromatic heterocycles. The molecule has 0 aromatic carbocycles. The Morgan fingerprint density at radius 3 is 2.68 bits per heavy atom. The largest absolute Gasteiger partial charge is 0.381 e. The second-order valence-electron chi connectivity index (χ2n) is 8.30. The molecule has 6 heteroatoms. The zero-order chi connectivity index (χ0) is 17.3. The lowest BCUT2D eigenvalue weighted by Crippen LogP contribution is -2.51. The van der Waals surface area contributed by atoms with Crippen molar-refractivity contribution in [1.82, 2.24) is 14.7 Å². The van der Waals surface area contributed by atoms with Crippen LogP contribution in [-0.2, 0) is 14.3 Å². The third-order valence-corrected chi connectivity index (χ3v) is 6.65. The quantitative estimate of drug-likeness (QED) is 0.759. The zero-order valence-corrected chi connectivity index (χ0v) is 15.3. The number of hydrogen-bond acceptors (Lipinski definition) is 4. The normalized spacial score (nSPS) is 33.8. The lowest BCUT2D eigenvalue weighted by molar-refractivity contribution is -0.145. The first-order valence-corrected chi connectivity index (χ1v) is 10.1. The number of carbonyl (C=O) groups is 2. The second-order valence-corrected chi connectivity index (χ2v) is 8.30. The molecular formula is C19H31N3O3. The monoisotopic (exact) mass is 349 g/mol. The number of rotatable bonds is 4. The summed E-state index contributed by atoms with van der Waals surface area (Å²) in [7, 11) is 0. The molecule has 0 saturated carbocycles. The van der Waals surface area contributed by atoms with Crippen molar-refractivity contribution in [3.8, 4) is 0 Å². The zero-order valence-electron chi connectivity index (χ0n) is 15.3. The van der Waals surface area contributed by atoms with Crippen LogP contribution >= 0.6 is 0 Å². The van der Waals surface area contributed by atoms with Gasteiger partial charge in [-0.1, -0.05) is 0 Å². The SMILES string of the molecule is O=C([C@H]1CCOC1)N1CCC[C@]2(CCN(CCN3CCCC3)C2=O)C1. The molecule has 0 bridgehead atoms. The fraction of sp³-hybridized carbons (Fsp3) is 0.895. The van der Waals surface area contributed by atoms with E-state index in [1.165, 1.54) is 25.9 Å². The van der Waals surface area contributed by atoms with Crippen LogP contribution in [0.5, 0.6) is 0 Å². The molecule has 0 N–H and O–H groups in total. The Hall–Kier alpha value is -1.14. The van der Waals surface area contributed by atoms with Gasteiger partial charge in [0.15, 0.2) is 0 Å². The maximum Gasteiger partial charge on any atom is 0.230 e. The van der Waals surface area contributed by atoms with E-state index in [-0.39, 0.29) is 17.2 Å². The molecule has 0 unspecified atom stereocenters. The summed E-state index contributed by atoms with van der Waals surface area (Å²) >= 11 is 0. The highest BCUT2D eigenvalue weighted by Gasteiger charge is 2.50. The molecule has 4 aliphatic rings. The van der Waals surface area contributed by atoms with E-state index in [2.05, 4.69) is 9.80 Å². The molecular weight excluding hydrogens is 318 g/mol. The average Bonchev–Trinajstić information content (AvgIpc) is 3.38. The van der Waals surface area contributed by atoms with Gasteiger partial charge in [0.25, 0.3) is 0 Å². The summed E-state index contributed by atoms with van der Waals surface area (Å²) in [5, 5.41) is 0. The van der Waals surface area contributed by atoms with Crippen molar-refractivity contribution in [2.75, 3.05) is 59.0 Å². The van der Waals surface area contributed by atoms with Crippen molar-refractivity contribution in [3.63, 3.8) is 0 Å². The topological polar surface area (TPSA) is 53.1 Å². The molecule has 25 heavy (non-hydrogen) atoms. The van der Waals surface area contributed by atoms with Crippen LogP contribution in [0.25, 0.3) is 0 Å². The highest BCUT2D eigenvalue weighted by atomic mass is 16.5. The van der Waals surface area contributed by atoms with Crippen molar-refractivity contribution in [3.05, 3.63) is 0 Å². The Labute approximate surface area is 150 Å². The molecule has 0 aromatic rings. The Morgan fingerprint density at radius 2 is 1.92 bits per heavy atom. The number of ether oxygens (including phenoxy) is 1. The average molecular weight is 349 g/mol. The first kappa shape index (κ1) is 17.3. The van der Waals surface area contributed by atoms with Crippen molar-refractivity contribution in [1.29, 1.82) is 0 Å². The molecule has 4 rings (SSSR count). The van der Waals surface area contributed by atoms with E-state index in [0.29, 0.717) is 25.7 Å². The molecule has 6 nitrogen and oxygen atoms in total. The molecule has 0 aliphatic carbocycles. The molecule has 1 spiro atoms. The summed E-state index contributed by atoms with van der Waals surface area (Å²) in [6.07, 6.45) is 6.22. The van der Waals surface area contributed by atoms with Gasteiger partial charge < -0.3 is 19.4 Å². The van der Waals surface area contributed by atoms with Gasteiger partial charge >= 0.3 is 0 Å². The molecule has 2 atom stereocenters. The number of likely N-dealkylation sites (tertiary alicyclic amines) is 3. The number of amides is 2. The summed E-state index contributed by atoms with van der Waals surface area (Å²) in [4.78, 5) is 32.4. The van der Waals surface area contributed by atoms with Crippen LogP contribution in [0.3, 0.4) is 0 Å². The lowest BCUT2D eigenvalue weighted by atomic mass is 9.78. The van der Waals surface area contributed by atoms with E-state index < -0.39 is 0 Å². The van der Waals surface area contributed by atoms with E-state index in [9.17, 15) is 9.59 Å². The van der Waals surface area contributed by atoms with Crippen molar-refractivity contribution >= 4 is 11.8 Å². The van der Waals surface area contributed by atoms with Crippen LogP contribution in [0.2, 0.25) is 0 Å². The van der Waals surface area contributed by atoms with E-state index in [1.54, 1.807) is 0 Å². The molecule has 2 amide bonds. The van der Waals surface area contributed by atoms with E-state index in [4.69, 9.17) is 4.74 Å². The number of hydrogen-bond donors (Lipinski definition) is 0. The van der Waals surface area contributed by atoms with Gasteiger partial charge in [-0.3, -0.25) is 9.59 Å². The second kappa shape index (κ2) is 7.23. The number of nitrogens with zero attached hydrogens (tertiary/aromatic N) is 3. The number of piperidine rings is 1. The van der Waals surface area contributed by atoms with Crippen molar-refractivity contribution in [2.24, 2.45) is 11.3 Å². The number of carbonyl (C=O) groups excluding carboxylic acids is 2. The molecule has 4 saturated heterocycles. The third-order valence-electron chi connectivity index (χ3n) is 6.65. The fourth-order valence-electron chi connectivity index (χ4n) is 5.06. The Bertz CT molecular complexity index is 514. The minimum Gasteiger partial charge on any atom is -0.381 e. The van der Waals surface area contributed by atoms with Crippen LogP contribution in [-0.4, -0.2) is 85.5 Å². The minimum atomic E-state index is -0.307. The fourth-order valence-corrected chi connectivity index (χ4v) is 5.06. The summed E-state index contributed by atoms with van der Waals surface area (Å²) in [5.74, 6) is 0.518. The van der Waals surface area contributed by atoms with E-state index in [0.717, 1.165) is 51.9 Å². The van der Waals surface area contributed by atoms with Gasteiger partial charge in [-0.15, -0.1) is 0 Å². The highest BCUT2D eigenvalue weighted by Crippen LogP contribution is 2.40. The molecule has 4 heterocycles. The summed E-state index contributed by atoms with van der Waals surface area (Å²) in [5.41, 5.74) is -0.307. The van der Waals surface area contributed by atoms with Crippen molar-refractivity contribution < 1.29 is 14.3 Å². The van der Waals surface area contributed by atoms with Gasteiger partial charge in [0.2, 0.25) is 11.8 Å². The summed E-state index contributed by atoms with van der Waals surface area (Å²) in [6, 6.07) is 0. The first-order valence-electron chi connectivity index (χ1n) is 10.1. The lowest BCUT2D eigenvalue weighted by Gasteiger charge is -2.40. The van der Waals surface area contributed by atoms with Gasteiger partial charge in [0.05, 0.1) is 17.9 Å². The maximum atomic E-state index is 13.1. The van der Waals surface area contributed by atoms with Crippen molar-refractivity contribution in [2.45, 2.75) is 38.5 Å². The van der Waals surface area contributed by atoms with E-state index >= 15 is 0 Å². The van der Waals surface area contributed by atoms with Crippen LogP contribution in [0.4, 0.5) is 0 Å². The van der Waals surface area contributed by atoms with E-state index in [1.807, 2.05) is 4.90 Å². The van der Waals surface area contributed by atoms with Gasteiger partial charge in [0.1, 0.15) is 0 Å². The Morgan fingerprint density at radius 1 is 1.08 bits per heavy atom. The Kier molecular flexibility index (Phi) is 5.00. The first-order chi connectivity index (χ1) is 12.2. The standard InChI is InChI=1S/C19H31N3O3/c23-17(16-4-13-25-14-16)22-9-3-5-19(15-22)6-10-21(18(19)24)12-11-20-7-1-2-8-20/h16H,1-15H2/t16-,19-/m0/s1.